The minimum Gasteiger partial charge on any atom is -0.316 e. The van der Waals surface area contributed by atoms with Crippen molar-refractivity contribution >= 4 is 77.6 Å². The summed E-state index contributed by atoms with van der Waals surface area (Å²) >= 11 is 4.43. The van der Waals surface area contributed by atoms with E-state index >= 15 is 0 Å². The topological polar surface area (TPSA) is 82.6 Å². The molecular weight excluding hydrogens is 640 g/mol. The van der Waals surface area contributed by atoms with Crippen molar-refractivity contribution in [3.05, 3.63) is 88.1 Å². The van der Waals surface area contributed by atoms with E-state index in [1.165, 1.54) is 31.6 Å². The summed E-state index contributed by atoms with van der Waals surface area (Å²) in [4.78, 5) is 22.6. The predicted octanol–water partition coefficient (Wildman–Crippen LogP) is 7.25. The van der Waals surface area contributed by atoms with Crippen LogP contribution in [0.2, 0.25) is 0 Å². The van der Waals surface area contributed by atoms with Gasteiger partial charge in [-0.2, -0.15) is 4.31 Å². The Bertz CT molecular complexity index is 1800. The Labute approximate surface area is 269 Å². The molecule has 224 valence electrons. The van der Waals surface area contributed by atoms with Crippen LogP contribution in [0.3, 0.4) is 0 Å². The molecule has 2 aliphatic rings. The zero-order valence-electron chi connectivity index (χ0n) is 23.3. The Morgan fingerprint density at radius 1 is 0.977 bits per heavy atom. The van der Waals surface area contributed by atoms with Crippen LogP contribution >= 0.6 is 46.4 Å². The number of rotatable bonds is 7. The van der Waals surface area contributed by atoms with Gasteiger partial charge in [0.15, 0.2) is 0 Å². The van der Waals surface area contributed by atoms with Gasteiger partial charge in [-0.25, -0.2) is 13.4 Å². The number of halogens is 1. The summed E-state index contributed by atoms with van der Waals surface area (Å²) in [6, 6.07) is 21.2. The number of carbonyl (C=O) groups is 1. The number of anilines is 1. The number of fused-ring (bicyclic) bond motifs is 2. The fourth-order valence-corrected chi connectivity index (χ4v) is 11.1. The van der Waals surface area contributed by atoms with E-state index < -0.39 is 16.1 Å². The fraction of sp³-hybridized carbons (Fsp3) is 0.290. The Hall–Kier alpha value is -2.64. The van der Waals surface area contributed by atoms with E-state index in [0.717, 1.165) is 64.7 Å². The van der Waals surface area contributed by atoms with Crippen molar-refractivity contribution in [2.24, 2.45) is 0 Å². The van der Waals surface area contributed by atoms with Crippen LogP contribution in [0.5, 0.6) is 0 Å². The Morgan fingerprint density at radius 2 is 1.79 bits per heavy atom. The van der Waals surface area contributed by atoms with Crippen LogP contribution in [0.15, 0.2) is 76.3 Å². The maximum Gasteiger partial charge on any atom is 0.253 e. The number of benzene rings is 2. The first-order valence-corrected chi connectivity index (χ1v) is 18.1. The van der Waals surface area contributed by atoms with Crippen molar-refractivity contribution in [1.29, 1.82) is 0 Å². The van der Waals surface area contributed by atoms with Crippen molar-refractivity contribution < 1.29 is 13.2 Å². The largest absolute Gasteiger partial charge is 0.316 e. The summed E-state index contributed by atoms with van der Waals surface area (Å²) in [6.45, 7) is 2.93. The van der Waals surface area contributed by atoms with Gasteiger partial charge in [0.1, 0.15) is 20.3 Å². The smallest absolute Gasteiger partial charge is 0.253 e. The summed E-state index contributed by atoms with van der Waals surface area (Å²) in [5, 5.41) is 6.64. The van der Waals surface area contributed by atoms with Crippen LogP contribution in [0, 0.1) is 0 Å². The number of carbonyl (C=O) groups excluding carboxylic acids is 1. The molecular formula is C31H31ClN4O3S4. The molecule has 12 heteroatoms. The van der Waals surface area contributed by atoms with E-state index in [1.54, 1.807) is 40.2 Å². The van der Waals surface area contributed by atoms with Gasteiger partial charge in [0.2, 0.25) is 5.91 Å². The number of amides is 1. The van der Waals surface area contributed by atoms with Gasteiger partial charge in [-0.15, -0.1) is 46.4 Å². The number of thiazole rings is 1. The molecule has 0 spiro atoms. The summed E-state index contributed by atoms with van der Waals surface area (Å²) in [5.41, 5.74) is 4.45. The van der Waals surface area contributed by atoms with Gasteiger partial charge in [-0.1, -0.05) is 55.0 Å². The van der Waals surface area contributed by atoms with Crippen molar-refractivity contribution in [2.45, 2.75) is 49.0 Å². The van der Waals surface area contributed by atoms with Crippen LogP contribution in [0.25, 0.3) is 20.8 Å². The van der Waals surface area contributed by atoms with Gasteiger partial charge in [-0.05, 0) is 54.0 Å². The van der Waals surface area contributed by atoms with Gasteiger partial charge in [0, 0.05) is 36.6 Å². The van der Waals surface area contributed by atoms with Crippen molar-refractivity contribution in [1.82, 2.24) is 14.2 Å². The lowest BCUT2D eigenvalue weighted by atomic mass is 10.0. The summed E-state index contributed by atoms with van der Waals surface area (Å²) in [7, 11) is -3.75. The second-order valence-corrected chi connectivity index (χ2v) is 15.9. The maximum absolute atomic E-state index is 13.9. The van der Waals surface area contributed by atoms with Crippen LogP contribution in [0.4, 0.5) is 5.00 Å². The molecule has 0 saturated carbocycles. The highest BCUT2D eigenvalue weighted by atomic mass is 35.5. The molecule has 1 saturated heterocycles. The molecule has 1 amide bonds. The second-order valence-electron chi connectivity index (χ2n) is 10.7. The van der Waals surface area contributed by atoms with Gasteiger partial charge in [0.05, 0.1) is 10.2 Å². The van der Waals surface area contributed by atoms with E-state index in [2.05, 4.69) is 40.5 Å². The molecule has 7 nitrogen and oxygen atoms in total. The molecule has 1 fully saturated rings. The van der Waals surface area contributed by atoms with Crippen molar-refractivity contribution in [3.8, 4) is 10.6 Å². The SMILES string of the molecule is Cl.O=C(Nc1sc2c(c1-c1nc3ccccc3s1)CCN(Cc1ccccc1)C2)C1CCCCN1S(=O)(=O)c1cccs1. The zero-order valence-corrected chi connectivity index (χ0v) is 27.4. The zero-order chi connectivity index (χ0) is 28.7. The van der Waals surface area contributed by atoms with Gasteiger partial charge in [-0.3, -0.25) is 9.69 Å². The number of hydrogen-bond donors (Lipinski definition) is 1. The number of sulfonamides is 1. The van der Waals surface area contributed by atoms with E-state index in [9.17, 15) is 13.2 Å². The Kier molecular flexibility index (Phi) is 9.02. The summed E-state index contributed by atoms with van der Waals surface area (Å²) in [6.07, 6.45) is 2.93. The number of thiophene rings is 2. The van der Waals surface area contributed by atoms with Crippen molar-refractivity contribution in [2.75, 3.05) is 18.4 Å². The molecule has 0 bridgehead atoms. The number of para-hydroxylation sites is 1. The molecule has 7 rings (SSSR count). The molecule has 43 heavy (non-hydrogen) atoms. The Balaban J connectivity index is 0.00000329. The molecule has 0 radical (unpaired) electrons. The Morgan fingerprint density at radius 3 is 2.58 bits per heavy atom. The lowest BCUT2D eigenvalue weighted by Crippen LogP contribution is -2.49. The van der Waals surface area contributed by atoms with Crippen molar-refractivity contribution in [3.63, 3.8) is 0 Å². The number of aromatic nitrogens is 1. The minimum absolute atomic E-state index is 0. The number of nitrogens with zero attached hydrogens (tertiary/aromatic N) is 3. The normalized spacial score (nSPS) is 17.8. The standard InChI is InChI=1S/C31H30N4O3S4.ClH/c36-29(24-12-6-7-16-35(24)42(37,38)27-14-8-18-39-27)33-31-28(30-32-23-11-4-5-13-25(23)40-30)22-15-17-34(20-26(22)41-31)19-21-9-2-1-3-10-21;/h1-5,8-11,13-14,18,24H,6-7,12,15-17,19-20H2,(H,33,36);1H. The first-order valence-electron chi connectivity index (χ1n) is 14.1. The third kappa shape index (κ3) is 6.04. The first kappa shape index (κ1) is 30.4. The summed E-state index contributed by atoms with van der Waals surface area (Å²) in [5.74, 6) is -0.267. The fourth-order valence-electron chi connectivity index (χ4n) is 5.90. The average Bonchev–Trinajstić information content (AvgIpc) is 3.76. The maximum atomic E-state index is 13.9. The molecule has 0 aliphatic carbocycles. The predicted molar refractivity (Wildman–Crippen MR) is 179 cm³/mol. The van der Waals surface area contributed by atoms with Gasteiger partial charge < -0.3 is 5.32 Å². The van der Waals surface area contributed by atoms with Crippen LogP contribution in [-0.4, -0.2) is 47.6 Å². The lowest BCUT2D eigenvalue weighted by Gasteiger charge is -2.33. The molecule has 1 unspecified atom stereocenters. The van der Waals surface area contributed by atoms with Gasteiger partial charge in [0.25, 0.3) is 10.0 Å². The highest BCUT2D eigenvalue weighted by Gasteiger charge is 2.39. The van der Waals surface area contributed by atoms with E-state index in [1.807, 2.05) is 24.3 Å². The van der Waals surface area contributed by atoms with Crippen LogP contribution in [0.1, 0.15) is 35.3 Å². The highest BCUT2D eigenvalue weighted by molar-refractivity contribution is 7.91. The molecule has 5 aromatic rings. The number of nitrogens with one attached hydrogen (secondary N) is 1. The number of piperidine rings is 1. The van der Waals surface area contributed by atoms with E-state index in [-0.39, 0.29) is 22.5 Å². The first-order chi connectivity index (χ1) is 20.5. The molecule has 5 heterocycles. The van der Waals surface area contributed by atoms with Gasteiger partial charge >= 0.3 is 0 Å². The highest BCUT2D eigenvalue weighted by Crippen LogP contribution is 2.46. The van der Waals surface area contributed by atoms with E-state index in [0.29, 0.717) is 13.0 Å². The quantitative estimate of drug-likeness (QED) is 0.197. The number of hydrogen-bond acceptors (Lipinski definition) is 8. The third-order valence-electron chi connectivity index (χ3n) is 7.94. The monoisotopic (exact) mass is 670 g/mol. The van der Waals surface area contributed by atoms with E-state index in [4.69, 9.17) is 4.98 Å². The lowest BCUT2D eigenvalue weighted by molar-refractivity contribution is -0.120. The molecule has 1 N–H and O–H groups in total. The molecule has 1 atom stereocenters. The average molecular weight is 671 g/mol. The minimum atomic E-state index is -3.75. The summed E-state index contributed by atoms with van der Waals surface area (Å²) < 4.78 is 29.8. The molecule has 2 aromatic carbocycles. The van der Waals surface area contributed by atoms with Crippen LogP contribution < -0.4 is 5.32 Å². The second kappa shape index (κ2) is 12.8. The molecule has 2 aliphatic heterocycles. The van der Waals surface area contributed by atoms with Crippen LogP contribution in [-0.2, 0) is 34.3 Å². The third-order valence-corrected chi connectivity index (χ3v) is 13.4. The molecule has 3 aromatic heterocycles.